The zero-order valence-corrected chi connectivity index (χ0v) is 9.76. The van der Waals surface area contributed by atoms with E-state index in [4.69, 9.17) is 10.4 Å². The van der Waals surface area contributed by atoms with E-state index in [2.05, 4.69) is 15.9 Å². The highest BCUT2D eigenvalue weighted by Crippen LogP contribution is 2.39. The lowest BCUT2D eigenvalue weighted by molar-refractivity contribution is -0.139. The zero-order valence-electron chi connectivity index (χ0n) is 8.18. The molecule has 17 heavy (non-hydrogen) atoms. The molecule has 0 unspecified atom stereocenters. The van der Waals surface area contributed by atoms with Gasteiger partial charge in [-0.25, -0.2) is 0 Å². The molecule has 3 nitrogen and oxygen atoms in total. The van der Waals surface area contributed by atoms with Gasteiger partial charge in [0, 0.05) is 5.56 Å². The predicted molar refractivity (Wildman–Crippen MR) is 55.9 cm³/mol. The van der Waals surface area contributed by atoms with Crippen LogP contribution in [0.1, 0.15) is 21.5 Å². The maximum absolute atomic E-state index is 12.6. The lowest BCUT2D eigenvalue weighted by Gasteiger charge is -2.12. The van der Waals surface area contributed by atoms with Gasteiger partial charge in [-0.15, -0.1) is 0 Å². The second-order valence-electron chi connectivity index (χ2n) is 3.05. The van der Waals surface area contributed by atoms with Gasteiger partial charge in [-0.2, -0.15) is 18.4 Å². The summed E-state index contributed by atoms with van der Waals surface area (Å²) in [6.07, 6.45) is -4.89. The Morgan fingerprint density at radius 1 is 1.47 bits per heavy atom. The zero-order chi connectivity index (χ0) is 13.2. The summed E-state index contributed by atoms with van der Waals surface area (Å²) in [4.78, 5) is 11.3. The van der Waals surface area contributed by atoms with E-state index < -0.39 is 28.8 Å². The highest BCUT2D eigenvalue weighted by molar-refractivity contribution is 9.09. The van der Waals surface area contributed by atoms with Gasteiger partial charge in [0.05, 0.1) is 10.9 Å². The Hall–Kier alpha value is -1.55. The number of phenols is 1. The first-order valence-electron chi connectivity index (χ1n) is 4.25. The van der Waals surface area contributed by atoms with Crippen molar-refractivity contribution in [1.29, 1.82) is 5.26 Å². The summed E-state index contributed by atoms with van der Waals surface area (Å²) < 4.78 is 37.8. The van der Waals surface area contributed by atoms with Crippen molar-refractivity contribution in [2.24, 2.45) is 0 Å². The van der Waals surface area contributed by atoms with Crippen molar-refractivity contribution >= 4 is 21.7 Å². The van der Waals surface area contributed by atoms with Gasteiger partial charge < -0.3 is 5.11 Å². The average molecular weight is 308 g/mol. The first-order valence-corrected chi connectivity index (χ1v) is 5.37. The molecule has 1 rings (SSSR count). The number of carbonyl (C=O) groups excluding carboxylic acids is 1. The number of carbonyl (C=O) groups is 1. The fourth-order valence-corrected chi connectivity index (χ4v) is 1.60. The number of alkyl halides is 4. The van der Waals surface area contributed by atoms with Gasteiger partial charge in [-0.05, 0) is 12.1 Å². The molecule has 0 saturated heterocycles. The van der Waals surface area contributed by atoms with Crippen LogP contribution in [0.4, 0.5) is 13.2 Å². The highest BCUT2D eigenvalue weighted by atomic mass is 79.9. The first-order chi connectivity index (χ1) is 7.82. The summed E-state index contributed by atoms with van der Waals surface area (Å²) in [6, 6.07) is 3.05. The van der Waals surface area contributed by atoms with Crippen LogP contribution in [0.15, 0.2) is 12.1 Å². The van der Waals surface area contributed by atoms with Crippen molar-refractivity contribution in [2.45, 2.75) is 6.18 Å². The smallest absolute Gasteiger partial charge is 0.421 e. The molecule has 0 atom stereocenters. The van der Waals surface area contributed by atoms with Crippen LogP contribution in [0.5, 0.6) is 5.75 Å². The predicted octanol–water partition coefficient (Wildman–Crippen LogP) is 2.86. The lowest BCUT2D eigenvalue weighted by Crippen LogP contribution is -2.13. The molecule has 0 heterocycles. The van der Waals surface area contributed by atoms with Crippen LogP contribution in [0.25, 0.3) is 0 Å². The molecule has 0 saturated carbocycles. The van der Waals surface area contributed by atoms with Gasteiger partial charge in [0.25, 0.3) is 0 Å². The number of aromatic hydroxyl groups is 1. The number of ketones is 1. The normalized spacial score (nSPS) is 11.0. The third-order valence-electron chi connectivity index (χ3n) is 2.00. The van der Waals surface area contributed by atoms with E-state index >= 15 is 0 Å². The molecule has 0 bridgehead atoms. The van der Waals surface area contributed by atoms with Gasteiger partial charge in [-0.1, -0.05) is 15.9 Å². The van der Waals surface area contributed by atoms with E-state index in [1.165, 1.54) is 6.07 Å². The van der Waals surface area contributed by atoms with E-state index in [-0.39, 0.29) is 10.9 Å². The van der Waals surface area contributed by atoms with Crippen LogP contribution in [-0.4, -0.2) is 16.2 Å². The number of nitriles is 1. The van der Waals surface area contributed by atoms with Crippen molar-refractivity contribution in [1.82, 2.24) is 0 Å². The van der Waals surface area contributed by atoms with Gasteiger partial charge >= 0.3 is 6.18 Å². The van der Waals surface area contributed by atoms with Crippen LogP contribution in [0.2, 0.25) is 0 Å². The van der Waals surface area contributed by atoms with E-state index in [0.717, 1.165) is 12.1 Å². The first kappa shape index (κ1) is 13.5. The molecule has 0 amide bonds. The Kier molecular flexibility index (Phi) is 3.78. The lowest BCUT2D eigenvalue weighted by atomic mass is 9.98. The molecule has 0 fully saturated rings. The maximum Gasteiger partial charge on any atom is 0.421 e. The number of rotatable bonds is 2. The Morgan fingerprint density at radius 3 is 2.47 bits per heavy atom. The molecule has 0 radical (unpaired) electrons. The highest BCUT2D eigenvalue weighted by Gasteiger charge is 2.38. The van der Waals surface area contributed by atoms with Crippen molar-refractivity contribution in [3.63, 3.8) is 0 Å². The minimum Gasteiger partial charge on any atom is -0.507 e. The molecule has 90 valence electrons. The molecule has 7 heteroatoms. The summed E-state index contributed by atoms with van der Waals surface area (Å²) in [7, 11) is 0. The molecule has 0 aromatic heterocycles. The molecular weight excluding hydrogens is 303 g/mol. The summed E-state index contributed by atoms with van der Waals surface area (Å²) in [5.74, 6) is -1.73. The van der Waals surface area contributed by atoms with E-state index in [9.17, 15) is 18.0 Å². The Bertz CT molecular complexity index is 505. The molecular formula is C10H5BrF3NO2. The van der Waals surface area contributed by atoms with E-state index in [0.29, 0.717) is 0 Å². The van der Waals surface area contributed by atoms with Crippen LogP contribution in [-0.2, 0) is 6.18 Å². The molecule has 0 aliphatic heterocycles. The van der Waals surface area contributed by atoms with Gasteiger partial charge in [-0.3, -0.25) is 4.79 Å². The number of Topliss-reactive ketones (excluding diaryl/α,β-unsaturated/α-hetero) is 1. The molecule has 0 aliphatic rings. The SMILES string of the molecule is N#Cc1c(C(=O)CBr)ccc(O)c1C(F)(F)F. The topological polar surface area (TPSA) is 61.1 Å². The number of hydrogen-bond acceptors (Lipinski definition) is 3. The average Bonchev–Trinajstić information content (AvgIpc) is 2.25. The fraction of sp³-hybridized carbons (Fsp3) is 0.200. The summed E-state index contributed by atoms with van der Waals surface area (Å²) >= 11 is 2.81. The van der Waals surface area contributed by atoms with Gasteiger partial charge in [0.2, 0.25) is 0 Å². The number of phenolic OH excluding ortho intramolecular Hbond substituents is 1. The van der Waals surface area contributed by atoms with Crippen molar-refractivity contribution in [2.75, 3.05) is 5.33 Å². The monoisotopic (exact) mass is 307 g/mol. The number of benzene rings is 1. The maximum atomic E-state index is 12.6. The second-order valence-corrected chi connectivity index (χ2v) is 3.61. The number of nitrogens with zero attached hydrogens (tertiary/aromatic N) is 1. The molecule has 1 aromatic carbocycles. The summed E-state index contributed by atoms with van der Waals surface area (Å²) in [5, 5.41) is 17.6. The number of halogens is 4. The third kappa shape index (κ3) is 2.58. The van der Waals surface area contributed by atoms with Crippen molar-refractivity contribution in [3.05, 3.63) is 28.8 Å². The minimum absolute atomic E-state index is 0.205. The van der Waals surface area contributed by atoms with Crippen molar-refractivity contribution in [3.8, 4) is 11.8 Å². The second kappa shape index (κ2) is 4.75. The van der Waals surface area contributed by atoms with Crippen LogP contribution >= 0.6 is 15.9 Å². The molecule has 0 spiro atoms. The molecule has 1 aromatic rings. The Balaban J connectivity index is 3.61. The van der Waals surface area contributed by atoms with Crippen LogP contribution in [0, 0.1) is 11.3 Å². The number of hydrogen-bond donors (Lipinski definition) is 1. The molecule has 0 aliphatic carbocycles. The summed E-state index contributed by atoms with van der Waals surface area (Å²) in [6.45, 7) is 0. The Labute approximate surface area is 103 Å². The minimum atomic E-state index is -4.89. The largest absolute Gasteiger partial charge is 0.507 e. The van der Waals surface area contributed by atoms with E-state index in [1.807, 2.05) is 0 Å². The van der Waals surface area contributed by atoms with Crippen molar-refractivity contribution < 1.29 is 23.1 Å². The third-order valence-corrected chi connectivity index (χ3v) is 2.51. The Morgan fingerprint density at radius 2 is 2.06 bits per heavy atom. The molecule has 1 N–H and O–H groups in total. The quantitative estimate of drug-likeness (QED) is 0.675. The van der Waals surface area contributed by atoms with Crippen LogP contribution < -0.4 is 0 Å². The van der Waals surface area contributed by atoms with Crippen LogP contribution in [0.3, 0.4) is 0 Å². The summed E-state index contributed by atoms with van der Waals surface area (Å²) in [5.41, 5.74) is -2.71. The standard InChI is InChI=1S/C10H5BrF3NO2/c11-3-8(17)5-1-2-7(16)9(6(5)4-15)10(12,13)14/h1-2,16H,3H2. The van der Waals surface area contributed by atoms with Gasteiger partial charge in [0.15, 0.2) is 5.78 Å². The van der Waals surface area contributed by atoms with Gasteiger partial charge in [0.1, 0.15) is 17.4 Å². The fourth-order valence-electron chi connectivity index (χ4n) is 1.30. The van der Waals surface area contributed by atoms with E-state index in [1.54, 1.807) is 0 Å².